The normalized spacial score (nSPS) is 10.3. The van der Waals surface area contributed by atoms with Gasteiger partial charge >= 0.3 is 6.03 Å². The summed E-state index contributed by atoms with van der Waals surface area (Å²) < 4.78 is 0. The van der Waals surface area contributed by atoms with Crippen LogP contribution in [0.4, 0.5) is 4.79 Å². The highest BCUT2D eigenvalue weighted by Crippen LogP contribution is 2.19. The van der Waals surface area contributed by atoms with Crippen molar-refractivity contribution in [2.45, 2.75) is 13.0 Å². The molecule has 0 aliphatic heterocycles. The molecule has 0 radical (unpaired) electrons. The number of nitrogens with zero attached hydrogens (tertiary/aromatic N) is 1. The lowest BCUT2D eigenvalue weighted by Crippen LogP contribution is -2.40. The minimum atomic E-state index is -0.105. The molecule has 1 N–H and O–H groups in total. The number of amides is 2. The Hall–Kier alpha value is -1.49. The first-order chi connectivity index (χ1) is 11.1. The van der Waals surface area contributed by atoms with Crippen molar-refractivity contribution < 1.29 is 4.79 Å². The maximum absolute atomic E-state index is 12.3. The van der Waals surface area contributed by atoms with E-state index < -0.39 is 0 Å². The number of halogens is 2. The summed E-state index contributed by atoms with van der Waals surface area (Å²) in [5.41, 5.74) is 0.997. The van der Waals surface area contributed by atoms with Crippen LogP contribution in [0.3, 0.4) is 0 Å². The molecule has 0 unspecified atom stereocenters. The van der Waals surface area contributed by atoms with Crippen molar-refractivity contribution in [3.63, 3.8) is 0 Å². The first-order valence-corrected chi connectivity index (χ1v) is 8.83. The Morgan fingerprint density at radius 1 is 1.30 bits per heavy atom. The van der Waals surface area contributed by atoms with E-state index in [4.69, 9.17) is 23.2 Å². The summed E-state index contributed by atoms with van der Waals surface area (Å²) in [7, 11) is 0. The summed E-state index contributed by atoms with van der Waals surface area (Å²) in [6.45, 7) is 5.32. The zero-order valence-electron chi connectivity index (χ0n) is 12.6. The van der Waals surface area contributed by atoms with E-state index in [1.165, 1.54) is 0 Å². The van der Waals surface area contributed by atoms with Gasteiger partial charge in [0.05, 0.1) is 6.54 Å². The molecule has 0 bridgehead atoms. The third kappa shape index (κ3) is 5.90. The van der Waals surface area contributed by atoms with Crippen molar-refractivity contribution in [2.24, 2.45) is 0 Å². The average molecular weight is 369 g/mol. The van der Waals surface area contributed by atoms with E-state index in [-0.39, 0.29) is 6.03 Å². The molecule has 1 heterocycles. The number of hydrogen-bond donors (Lipinski definition) is 1. The van der Waals surface area contributed by atoms with Crippen molar-refractivity contribution in [2.75, 3.05) is 13.1 Å². The van der Waals surface area contributed by atoms with E-state index in [0.29, 0.717) is 36.1 Å². The minimum absolute atomic E-state index is 0.105. The van der Waals surface area contributed by atoms with Crippen LogP contribution in [0.2, 0.25) is 10.0 Å². The lowest BCUT2D eigenvalue weighted by atomic mass is 10.1. The second kappa shape index (κ2) is 8.96. The van der Waals surface area contributed by atoms with Gasteiger partial charge in [-0.2, -0.15) is 0 Å². The Bertz CT molecular complexity index is 638. The molecule has 1 aromatic carbocycles. The van der Waals surface area contributed by atoms with Crippen LogP contribution in [-0.2, 0) is 13.0 Å². The number of carbonyl (C=O) groups excluding carboxylic acids is 1. The zero-order chi connectivity index (χ0) is 16.7. The highest BCUT2D eigenvalue weighted by Gasteiger charge is 2.12. The Labute approximate surface area is 150 Å². The first kappa shape index (κ1) is 17.9. The molecule has 0 aliphatic rings. The largest absolute Gasteiger partial charge is 0.338 e. The molecule has 1 aromatic heterocycles. The lowest BCUT2D eigenvalue weighted by molar-refractivity contribution is 0.201. The van der Waals surface area contributed by atoms with Crippen molar-refractivity contribution in [3.8, 4) is 0 Å². The van der Waals surface area contributed by atoms with Gasteiger partial charge in [0, 0.05) is 28.0 Å². The summed E-state index contributed by atoms with van der Waals surface area (Å²) in [6, 6.07) is 9.29. The Morgan fingerprint density at radius 3 is 2.65 bits per heavy atom. The second-order valence-electron chi connectivity index (χ2n) is 5.01. The van der Waals surface area contributed by atoms with Crippen molar-refractivity contribution in [1.82, 2.24) is 10.2 Å². The Balaban J connectivity index is 1.87. The minimum Gasteiger partial charge on any atom is -0.338 e. The molecule has 0 aliphatic carbocycles. The summed E-state index contributed by atoms with van der Waals surface area (Å²) in [5.74, 6) is 0. The number of thiophene rings is 1. The van der Waals surface area contributed by atoms with Gasteiger partial charge in [-0.05, 0) is 41.6 Å². The zero-order valence-corrected chi connectivity index (χ0v) is 14.9. The maximum Gasteiger partial charge on any atom is 0.318 e. The molecule has 0 saturated carbocycles. The van der Waals surface area contributed by atoms with Crippen LogP contribution in [-0.4, -0.2) is 24.0 Å². The highest BCUT2D eigenvalue weighted by atomic mass is 35.5. The summed E-state index contributed by atoms with van der Waals surface area (Å²) in [4.78, 5) is 15.2. The van der Waals surface area contributed by atoms with Gasteiger partial charge < -0.3 is 10.2 Å². The molecule has 0 atom stereocenters. The predicted octanol–water partition coefficient (Wildman–Crippen LogP) is 5.00. The van der Waals surface area contributed by atoms with E-state index in [0.717, 1.165) is 10.4 Å². The van der Waals surface area contributed by atoms with Gasteiger partial charge in [-0.1, -0.05) is 35.3 Å². The van der Waals surface area contributed by atoms with Gasteiger partial charge in [-0.15, -0.1) is 17.9 Å². The van der Waals surface area contributed by atoms with Crippen LogP contribution >= 0.6 is 34.5 Å². The average Bonchev–Trinajstić information content (AvgIpc) is 2.98. The van der Waals surface area contributed by atoms with Gasteiger partial charge in [0.1, 0.15) is 0 Å². The van der Waals surface area contributed by atoms with Gasteiger partial charge in [-0.3, -0.25) is 0 Å². The van der Waals surface area contributed by atoms with Crippen LogP contribution in [0.15, 0.2) is 48.4 Å². The molecule has 23 heavy (non-hydrogen) atoms. The molecular weight excluding hydrogens is 351 g/mol. The Morgan fingerprint density at radius 2 is 2.04 bits per heavy atom. The van der Waals surface area contributed by atoms with Gasteiger partial charge in [0.15, 0.2) is 0 Å². The smallest absolute Gasteiger partial charge is 0.318 e. The fraction of sp³-hybridized carbons (Fsp3) is 0.235. The van der Waals surface area contributed by atoms with Crippen molar-refractivity contribution >= 4 is 40.6 Å². The molecule has 3 nitrogen and oxygen atoms in total. The van der Waals surface area contributed by atoms with E-state index >= 15 is 0 Å². The van der Waals surface area contributed by atoms with E-state index in [1.807, 2.05) is 29.6 Å². The van der Waals surface area contributed by atoms with E-state index in [1.54, 1.807) is 28.4 Å². The molecule has 6 heteroatoms. The molecule has 2 rings (SSSR count). The molecule has 2 amide bonds. The Kier molecular flexibility index (Phi) is 6.96. The lowest BCUT2D eigenvalue weighted by Gasteiger charge is -2.21. The molecule has 0 fully saturated rings. The van der Waals surface area contributed by atoms with Crippen LogP contribution < -0.4 is 5.32 Å². The van der Waals surface area contributed by atoms with Crippen LogP contribution in [0.5, 0.6) is 0 Å². The van der Waals surface area contributed by atoms with Gasteiger partial charge in [-0.25, -0.2) is 4.79 Å². The van der Waals surface area contributed by atoms with Gasteiger partial charge in [0.2, 0.25) is 0 Å². The molecule has 2 aromatic rings. The summed E-state index contributed by atoms with van der Waals surface area (Å²) in [6.07, 6.45) is 2.40. The van der Waals surface area contributed by atoms with Crippen molar-refractivity contribution in [1.29, 1.82) is 0 Å². The highest BCUT2D eigenvalue weighted by molar-refractivity contribution is 7.09. The number of urea groups is 1. The quantitative estimate of drug-likeness (QED) is 0.685. The first-order valence-electron chi connectivity index (χ1n) is 7.19. The molecular formula is C17H18Cl2N2OS. The molecule has 0 spiro atoms. The van der Waals surface area contributed by atoms with E-state index in [2.05, 4.69) is 11.9 Å². The molecule has 122 valence electrons. The van der Waals surface area contributed by atoms with Crippen molar-refractivity contribution in [3.05, 3.63) is 68.9 Å². The number of hydrogen-bond acceptors (Lipinski definition) is 2. The van der Waals surface area contributed by atoms with Gasteiger partial charge in [0.25, 0.3) is 0 Å². The summed E-state index contributed by atoms with van der Waals surface area (Å²) in [5, 5.41) is 6.13. The SMILES string of the molecule is C=CCN(Cc1cccs1)C(=O)NCCc1cc(Cl)cc(Cl)c1. The number of carbonyl (C=O) groups is 1. The third-order valence-corrected chi connectivity index (χ3v) is 4.47. The standard InChI is InChI=1S/C17H18Cl2N2OS/c1-2-7-21(12-16-4-3-8-23-16)17(22)20-6-5-13-9-14(18)11-15(19)10-13/h2-4,8-11H,1,5-7,12H2,(H,20,22). The van der Waals surface area contributed by atoms with Crippen LogP contribution in [0, 0.1) is 0 Å². The number of benzene rings is 1. The predicted molar refractivity (Wildman–Crippen MR) is 98.5 cm³/mol. The maximum atomic E-state index is 12.3. The summed E-state index contributed by atoms with van der Waals surface area (Å²) >= 11 is 13.6. The fourth-order valence-corrected chi connectivity index (χ4v) is 3.44. The fourth-order valence-electron chi connectivity index (χ4n) is 2.15. The van der Waals surface area contributed by atoms with Crippen LogP contribution in [0.1, 0.15) is 10.4 Å². The van der Waals surface area contributed by atoms with Crippen LogP contribution in [0.25, 0.3) is 0 Å². The third-order valence-electron chi connectivity index (χ3n) is 3.18. The monoisotopic (exact) mass is 368 g/mol. The van der Waals surface area contributed by atoms with E-state index in [9.17, 15) is 4.79 Å². The molecule has 0 saturated heterocycles. The topological polar surface area (TPSA) is 32.3 Å². The second-order valence-corrected chi connectivity index (χ2v) is 6.91. The number of nitrogens with one attached hydrogen (secondary N) is 1. The number of rotatable bonds is 7.